The summed E-state index contributed by atoms with van der Waals surface area (Å²) in [5.74, 6) is -0.0276. The maximum absolute atomic E-state index is 12.5. The van der Waals surface area contributed by atoms with Crippen LogP contribution in [0.4, 0.5) is 10.5 Å². The van der Waals surface area contributed by atoms with E-state index in [1.54, 1.807) is 47.5 Å². The third kappa shape index (κ3) is 4.00. The number of hydrogen-bond acceptors (Lipinski definition) is 4. The van der Waals surface area contributed by atoms with Crippen LogP contribution in [0.5, 0.6) is 0 Å². The van der Waals surface area contributed by atoms with Crippen molar-refractivity contribution in [3.63, 3.8) is 0 Å². The Kier molecular flexibility index (Phi) is 5.72. The van der Waals surface area contributed by atoms with Gasteiger partial charge in [0.25, 0.3) is 0 Å². The van der Waals surface area contributed by atoms with Crippen molar-refractivity contribution in [2.24, 2.45) is 0 Å². The number of carbonyl (C=O) groups is 2. The monoisotopic (exact) mass is 345 g/mol. The van der Waals surface area contributed by atoms with Gasteiger partial charge in [-0.3, -0.25) is 4.79 Å². The number of anilines is 1. The van der Waals surface area contributed by atoms with Gasteiger partial charge in [-0.1, -0.05) is 19.1 Å². The van der Waals surface area contributed by atoms with Gasteiger partial charge in [0.05, 0.1) is 16.7 Å². The molecule has 0 fully saturated rings. The second kappa shape index (κ2) is 7.57. The quantitative estimate of drug-likeness (QED) is 0.815. The van der Waals surface area contributed by atoms with Gasteiger partial charge in [0, 0.05) is 23.2 Å². The molecule has 2 amide bonds. The standard InChI is InChI=1S/C18H23N3O2S/c1-6-16-19-11(2)17(24-16)12(3)21(5)18(23)20-15-9-7-8-14(10-15)13(4)22/h7-10,12H,6H2,1-5H3,(H,20,23)/t12-/m1/s1. The molecule has 1 aromatic carbocycles. The zero-order chi connectivity index (χ0) is 17.9. The van der Waals surface area contributed by atoms with Crippen molar-refractivity contribution >= 4 is 28.8 Å². The van der Waals surface area contributed by atoms with Gasteiger partial charge in [-0.15, -0.1) is 11.3 Å². The number of hydrogen-bond donors (Lipinski definition) is 1. The fraction of sp³-hybridized carbons (Fsp3) is 0.389. The minimum absolute atomic E-state index is 0.0276. The topological polar surface area (TPSA) is 62.3 Å². The van der Waals surface area contributed by atoms with Crippen molar-refractivity contribution in [3.05, 3.63) is 45.4 Å². The molecule has 0 aliphatic rings. The molecule has 128 valence electrons. The van der Waals surface area contributed by atoms with Crippen LogP contribution < -0.4 is 5.32 Å². The Hall–Kier alpha value is -2.21. The Labute approximate surface area is 146 Å². The predicted molar refractivity (Wildman–Crippen MR) is 97.9 cm³/mol. The number of aromatic nitrogens is 1. The molecule has 5 nitrogen and oxygen atoms in total. The lowest BCUT2D eigenvalue weighted by Gasteiger charge is -2.24. The van der Waals surface area contributed by atoms with Crippen molar-refractivity contribution in [3.8, 4) is 0 Å². The number of amides is 2. The largest absolute Gasteiger partial charge is 0.322 e. The van der Waals surface area contributed by atoms with Gasteiger partial charge in [-0.25, -0.2) is 9.78 Å². The summed E-state index contributed by atoms with van der Waals surface area (Å²) >= 11 is 1.65. The molecule has 2 rings (SSSR count). The second-order valence-corrected chi connectivity index (χ2v) is 6.88. The summed E-state index contributed by atoms with van der Waals surface area (Å²) in [4.78, 5) is 31.2. The maximum Gasteiger partial charge on any atom is 0.322 e. The molecule has 0 aliphatic heterocycles. The minimum Gasteiger partial charge on any atom is -0.320 e. The molecule has 0 saturated carbocycles. The molecule has 1 heterocycles. The molecule has 0 radical (unpaired) electrons. The number of urea groups is 1. The first-order valence-corrected chi connectivity index (χ1v) is 8.76. The molecule has 0 unspecified atom stereocenters. The van der Waals surface area contributed by atoms with Gasteiger partial charge in [0.1, 0.15) is 0 Å². The number of nitrogens with zero attached hydrogens (tertiary/aromatic N) is 2. The normalized spacial score (nSPS) is 11.9. The average Bonchev–Trinajstić information content (AvgIpc) is 2.94. The van der Waals surface area contributed by atoms with Crippen molar-refractivity contribution < 1.29 is 9.59 Å². The summed E-state index contributed by atoms with van der Waals surface area (Å²) in [5, 5.41) is 3.93. The summed E-state index contributed by atoms with van der Waals surface area (Å²) in [6.07, 6.45) is 0.895. The minimum atomic E-state index is -0.214. The number of carbonyl (C=O) groups excluding carboxylic acids is 2. The molecule has 0 bridgehead atoms. The number of Topliss-reactive ketones (excluding diaryl/α,β-unsaturated/α-hetero) is 1. The van der Waals surface area contributed by atoms with Gasteiger partial charge in [-0.05, 0) is 39.3 Å². The molecule has 0 saturated heterocycles. The molecular weight excluding hydrogens is 322 g/mol. The number of rotatable bonds is 5. The highest BCUT2D eigenvalue weighted by Gasteiger charge is 2.22. The zero-order valence-corrected chi connectivity index (χ0v) is 15.5. The molecule has 2 aromatic rings. The summed E-state index contributed by atoms with van der Waals surface area (Å²) in [7, 11) is 1.76. The molecular formula is C18H23N3O2S. The van der Waals surface area contributed by atoms with Crippen LogP contribution >= 0.6 is 11.3 Å². The van der Waals surface area contributed by atoms with Crippen LogP contribution in [0.3, 0.4) is 0 Å². The van der Waals surface area contributed by atoms with Gasteiger partial charge in [0.2, 0.25) is 0 Å². The van der Waals surface area contributed by atoms with Gasteiger partial charge in [0.15, 0.2) is 5.78 Å². The second-order valence-electron chi connectivity index (χ2n) is 5.76. The fourth-order valence-electron chi connectivity index (χ4n) is 2.38. The first-order valence-electron chi connectivity index (χ1n) is 7.94. The van der Waals surface area contributed by atoms with Crippen LogP contribution in [-0.2, 0) is 6.42 Å². The molecule has 0 spiro atoms. The Morgan fingerprint density at radius 1 is 1.38 bits per heavy atom. The van der Waals surface area contributed by atoms with Crippen LogP contribution in [0, 0.1) is 6.92 Å². The van der Waals surface area contributed by atoms with Crippen molar-refractivity contribution in [2.45, 2.75) is 40.2 Å². The van der Waals surface area contributed by atoms with E-state index in [4.69, 9.17) is 0 Å². The molecule has 1 N–H and O–H groups in total. The van der Waals surface area contributed by atoms with E-state index in [9.17, 15) is 9.59 Å². The highest BCUT2D eigenvalue weighted by atomic mass is 32.1. The average molecular weight is 345 g/mol. The number of nitrogens with one attached hydrogen (secondary N) is 1. The molecule has 6 heteroatoms. The number of thiazole rings is 1. The lowest BCUT2D eigenvalue weighted by atomic mass is 10.1. The Balaban J connectivity index is 2.12. The van der Waals surface area contributed by atoms with E-state index in [1.165, 1.54) is 6.92 Å². The maximum atomic E-state index is 12.5. The predicted octanol–water partition coefficient (Wildman–Crippen LogP) is 4.44. The van der Waals surface area contributed by atoms with Crippen LogP contribution in [0.15, 0.2) is 24.3 Å². The summed E-state index contributed by atoms with van der Waals surface area (Å²) in [6, 6.07) is 6.67. The van der Waals surface area contributed by atoms with Crippen LogP contribution in [0.2, 0.25) is 0 Å². The Morgan fingerprint density at radius 2 is 2.08 bits per heavy atom. The lowest BCUT2D eigenvalue weighted by molar-refractivity contribution is 0.101. The lowest BCUT2D eigenvalue weighted by Crippen LogP contribution is -2.33. The summed E-state index contributed by atoms with van der Waals surface area (Å²) in [5.41, 5.74) is 2.17. The Morgan fingerprint density at radius 3 is 2.67 bits per heavy atom. The highest BCUT2D eigenvalue weighted by molar-refractivity contribution is 7.11. The molecule has 1 aromatic heterocycles. The first kappa shape index (κ1) is 18.1. The highest BCUT2D eigenvalue weighted by Crippen LogP contribution is 2.29. The van der Waals surface area contributed by atoms with E-state index in [0.717, 1.165) is 22.0 Å². The van der Waals surface area contributed by atoms with E-state index in [-0.39, 0.29) is 17.9 Å². The number of benzene rings is 1. The van der Waals surface area contributed by atoms with E-state index < -0.39 is 0 Å². The van der Waals surface area contributed by atoms with E-state index in [2.05, 4.69) is 17.2 Å². The molecule has 24 heavy (non-hydrogen) atoms. The molecule has 1 atom stereocenters. The van der Waals surface area contributed by atoms with Crippen LogP contribution in [0.1, 0.15) is 52.7 Å². The fourth-order valence-corrected chi connectivity index (χ4v) is 3.49. The third-order valence-electron chi connectivity index (χ3n) is 3.98. The number of ketones is 1. The van der Waals surface area contributed by atoms with Crippen molar-refractivity contribution in [2.75, 3.05) is 12.4 Å². The first-order chi connectivity index (χ1) is 11.3. The summed E-state index contributed by atoms with van der Waals surface area (Å²) in [6.45, 7) is 7.55. The SMILES string of the molecule is CCc1nc(C)c([C@@H](C)N(C)C(=O)Nc2cccc(C(C)=O)c2)s1. The van der Waals surface area contributed by atoms with E-state index in [0.29, 0.717) is 11.3 Å². The smallest absolute Gasteiger partial charge is 0.320 e. The van der Waals surface area contributed by atoms with Gasteiger partial charge in [-0.2, -0.15) is 0 Å². The third-order valence-corrected chi connectivity index (χ3v) is 5.45. The molecule has 0 aliphatic carbocycles. The number of aryl methyl sites for hydroxylation is 2. The van der Waals surface area contributed by atoms with E-state index in [1.807, 2.05) is 13.8 Å². The van der Waals surface area contributed by atoms with Gasteiger partial charge < -0.3 is 10.2 Å². The zero-order valence-electron chi connectivity index (χ0n) is 14.7. The van der Waals surface area contributed by atoms with Crippen LogP contribution in [-0.4, -0.2) is 28.7 Å². The Bertz CT molecular complexity index is 754. The van der Waals surface area contributed by atoms with Crippen molar-refractivity contribution in [1.82, 2.24) is 9.88 Å². The van der Waals surface area contributed by atoms with E-state index >= 15 is 0 Å². The van der Waals surface area contributed by atoms with Gasteiger partial charge >= 0.3 is 6.03 Å². The van der Waals surface area contributed by atoms with Crippen molar-refractivity contribution in [1.29, 1.82) is 0 Å². The summed E-state index contributed by atoms with van der Waals surface area (Å²) < 4.78 is 0. The van der Waals surface area contributed by atoms with Crippen LogP contribution in [0.25, 0.3) is 0 Å².